The normalized spacial score (nSPS) is 11.2. The molecule has 1 rings (SSSR count). The summed E-state index contributed by atoms with van der Waals surface area (Å²) in [6.07, 6.45) is 3.28. The van der Waals surface area contributed by atoms with Gasteiger partial charge < -0.3 is 15.5 Å². The zero-order chi connectivity index (χ0) is 12.9. The lowest BCUT2D eigenvalue weighted by molar-refractivity contribution is 0.0927. The first-order valence-corrected chi connectivity index (χ1v) is 5.48. The van der Waals surface area contributed by atoms with Crippen molar-refractivity contribution in [3.8, 4) is 5.75 Å². The highest BCUT2D eigenvalue weighted by molar-refractivity contribution is 5.94. The number of hydrogen-bond acceptors (Lipinski definition) is 4. The van der Waals surface area contributed by atoms with E-state index in [2.05, 4.69) is 10.3 Å². The van der Waals surface area contributed by atoms with Gasteiger partial charge in [-0.15, -0.1) is 0 Å². The van der Waals surface area contributed by atoms with Gasteiger partial charge in [0.2, 0.25) is 0 Å². The third kappa shape index (κ3) is 4.40. The standard InChI is InChI=1S/C12H18N2O3/c1-12(2,3-4-15)8-14-11(17)9-5-10(16)7-13-6-9/h5-7,15-16H,3-4,8H2,1-2H3,(H,14,17). The van der Waals surface area contributed by atoms with E-state index >= 15 is 0 Å². The van der Waals surface area contributed by atoms with Crippen LogP contribution in [-0.4, -0.2) is 34.3 Å². The van der Waals surface area contributed by atoms with Gasteiger partial charge in [-0.3, -0.25) is 9.78 Å². The Morgan fingerprint density at radius 3 is 2.76 bits per heavy atom. The first kappa shape index (κ1) is 13.4. The quantitative estimate of drug-likeness (QED) is 0.712. The van der Waals surface area contributed by atoms with Gasteiger partial charge in [-0.25, -0.2) is 0 Å². The summed E-state index contributed by atoms with van der Waals surface area (Å²) in [7, 11) is 0. The molecule has 0 aromatic carbocycles. The van der Waals surface area contributed by atoms with Crippen LogP contribution in [0.5, 0.6) is 5.75 Å². The van der Waals surface area contributed by atoms with E-state index in [0.29, 0.717) is 18.5 Å². The fourth-order valence-electron chi connectivity index (χ4n) is 1.36. The minimum Gasteiger partial charge on any atom is -0.506 e. The van der Waals surface area contributed by atoms with Crippen molar-refractivity contribution in [3.63, 3.8) is 0 Å². The van der Waals surface area contributed by atoms with Gasteiger partial charge >= 0.3 is 0 Å². The smallest absolute Gasteiger partial charge is 0.253 e. The maximum Gasteiger partial charge on any atom is 0.253 e. The first-order chi connectivity index (χ1) is 7.94. The van der Waals surface area contributed by atoms with Crippen molar-refractivity contribution in [1.29, 1.82) is 0 Å². The molecule has 0 unspecified atom stereocenters. The van der Waals surface area contributed by atoms with Gasteiger partial charge in [0.25, 0.3) is 5.91 Å². The van der Waals surface area contributed by atoms with E-state index in [1.807, 2.05) is 13.8 Å². The highest BCUT2D eigenvalue weighted by Gasteiger charge is 2.18. The molecule has 1 amide bonds. The van der Waals surface area contributed by atoms with Crippen LogP contribution in [0.1, 0.15) is 30.6 Å². The van der Waals surface area contributed by atoms with Crippen LogP contribution >= 0.6 is 0 Å². The van der Waals surface area contributed by atoms with Crippen LogP contribution in [0.2, 0.25) is 0 Å². The van der Waals surface area contributed by atoms with Crippen LogP contribution in [0.4, 0.5) is 0 Å². The van der Waals surface area contributed by atoms with Crippen molar-refractivity contribution in [2.75, 3.05) is 13.2 Å². The van der Waals surface area contributed by atoms with Crippen molar-refractivity contribution in [2.24, 2.45) is 5.41 Å². The number of aromatic hydroxyl groups is 1. The third-order valence-electron chi connectivity index (χ3n) is 2.50. The Hall–Kier alpha value is -1.62. The monoisotopic (exact) mass is 238 g/mol. The molecular weight excluding hydrogens is 220 g/mol. The fraction of sp³-hybridized carbons (Fsp3) is 0.500. The Kier molecular flexibility index (Phi) is 4.45. The molecule has 0 atom stereocenters. The second-order valence-corrected chi connectivity index (χ2v) is 4.75. The molecule has 0 aliphatic heterocycles. The number of nitrogens with zero attached hydrogens (tertiary/aromatic N) is 1. The maximum absolute atomic E-state index is 11.7. The number of hydrogen-bond donors (Lipinski definition) is 3. The number of aliphatic hydroxyl groups excluding tert-OH is 1. The molecule has 0 bridgehead atoms. The second kappa shape index (κ2) is 5.63. The lowest BCUT2D eigenvalue weighted by atomic mass is 9.90. The van der Waals surface area contributed by atoms with Gasteiger partial charge in [0, 0.05) is 19.3 Å². The molecule has 94 valence electrons. The molecule has 0 radical (unpaired) electrons. The van der Waals surface area contributed by atoms with Gasteiger partial charge in [-0.05, 0) is 17.9 Å². The van der Waals surface area contributed by atoms with Crippen LogP contribution in [0.3, 0.4) is 0 Å². The van der Waals surface area contributed by atoms with E-state index in [4.69, 9.17) is 5.11 Å². The summed E-state index contributed by atoms with van der Waals surface area (Å²) in [6, 6.07) is 1.36. The number of pyridine rings is 1. The van der Waals surface area contributed by atoms with Crippen LogP contribution < -0.4 is 5.32 Å². The van der Waals surface area contributed by atoms with Gasteiger partial charge in [0.15, 0.2) is 0 Å². The number of rotatable bonds is 5. The van der Waals surface area contributed by atoms with Crippen molar-refractivity contribution in [3.05, 3.63) is 24.0 Å². The summed E-state index contributed by atoms with van der Waals surface area (Å²) >= 11 is 0. The predicted molar refractivity (Wildman–Crippen MR) is 63.7 cm³/mol. The van der Waals surface area contributed by atoms with E-state index in [0.717, 1.165) is 0 Å². The molecule has 5 heteroatoms. The highest BCUT2D eigenvalue weighted by Crippen LogP contribution is 2.18. The molecule has 1 heterocycles. The molecule has 0 aliphatic carbocycles. The van der Waals surface area contributed by atoms with E-state index in [1.54, 1.807) is 0 Å². The SMILES string of the molecule is CC(C)(CCO)CNC(=O)c1cncc(O)c1. The number of carbonyl (C=O) groups excluding carboxylic acids is 1. The minimum atomic E-state index is -0.278. The zero-order valence-corrected chi connectivity index (χ0v) is 10.1. The van der Waals surface area contributed by atoms with Crippen molar-refractivity contribution < 1.29 is 15.0 Å². The fourth-order valence-corrected chi connectivity index (χ4v) is 1.36. The van der Waals surface area contributed by atoms with Crippen LogP contribution in [0.15, 0.2) is 18.5 Å². The number of aliphatic hydroxyl groups is 1. The summed E-state index contributed by atoms with van der Waals surface area (Å²) in [4.78, 5) is 15.5. The molecular formula is C12H18N2O3. The van der Waals surface area contributed by atoms with Gasteiger partial charge in [-0.2, -0.15) is 0 Å². The average Bonchev–Trinajstić information content (AvgIpc) is 2.26. The minimum absolute atomic E-state index is 0.0349. The van der Waals surface area contributed by atoms with Crippen LogP contribution in [-0.2, 0) is 0 Å². The zero-order valence-electron chi connectivity index (χ0n) is 10.1. The van der Waals surface area contributed by atoms with E-state index < -0.39 is 0 Å². The predicted octanol–water partition coefficient (Wildman–Crippen LogP) is 0.926. The van der Waals surface area contributed by atoms with Crippen molar-refractivity contribution in [1.82, 2.24) is 10.3 Å². The lowest BCUT2D eigenvalue weighted by Gasteiger charge is -2.23. The molecule has 0 fully saturated rings. The first-order valence-electron chi connectivity index (χ1n) is 5.48. The van der Waals surface area contributed by atoms with E-state index in [1.165, 1.54) is 18.5 Å². The summed E-state index contributed by atoms with van der Waals surface area (Å²) in [5.74, 6) is -0.313. The Balaban J connectivity index is 2.56. The molecule has 17 heavy (non-hydrogen) atoms. The molecule has 0 saturated carbocycles. The highest BCUT2D eigenvalue weighted by atomic mass is 16.3. The van der Waals surface area contributed by atoms with E-state index in [9.17, 15) is 9.90 Å². The molecule has 5 nitrogen and oxygen atoms in total. The molecule has 1 aromatic rings. The molecule has 1 aromatic heterocycles. The van der Waals surface area contributed by atoms with Crippen LogP contribution in [0.25, 0.3) is 0 Å². The Labute approximate surface area is 101 Å². The van der Waals surface area contributed by atoms with Crippen molar-refractivity contribution in [2.45, 2.75) is 20.3 Å². The Morgan fingerprint density at radius 1 is 1.47 bits per heavy atom. The number of amides is 1. The molecule has 0 saturated heterocycles. The van der Waals surface area contributed by atoms with Gasteiger partial charge in [-0.1, -0.05) is 13.8 Å². The van der Waals surface area contributed by atoms with Gasteiger partial charge in [0.05, 0.1) is 11.8 Å². The van der Waals surface area contributed by atoms with E-state index in [-0.39, 0.29) is 23.7 Å². The molecule has 3 N–H and O–H groups in total. The van der Waals surface area contributed by atoms with Crippen molar-refractivity contribution >= 4 is 5.91 Å². The Morgan fingerprint density at radius 2 is 2.18 bits per heavy atom. The average molecular weight is 238 g/mol. The number of nitrogens with one attached hydrogen (secondary N) is 1. The Bertz CT molecular complexity index is 391. The third-order valence-corrected chi connectivity index (χ3v) is 2.50. The summed E-state index contributed by atoms with van der Waals surface area (Å²) in [6.45, 7) is 4.48. The number of aromatic nitrogens is 1. The summed E-state index contributed by atoms with van der Waals surface area (Å²) in [5.41, 5.74) is 0.166. The summed E-state index contributed by atoms with van der Waals surface area (Å²) < 4.78 is 0. The topological polar surface area (TPSA) is 82.5 Å². The second-order valence-electron chi connectivity index (χ2n) is 4.75. The molecule has 0 spiro atoms. The maximum atomic E-state index is 11.7. The van der Waals surface area contributed by atoms with Crippen LogP contribution in [0, 0.1) is 5.41 Å². The summed E-state index contributed by atoms with van der Waals surface area (Å²) in [5, 5.41) is 20.8. The molecule has 0 aliphatic rings. The lowest BCUT2D eigenvalue weighted by Crippen LogP contribution is -2.34. The largest absolute Gasteiger partial charge is 0.506 e. The number of carbonyl (C=O) groups is 1. The van der Waals surface area contributed by atoms with Gasteiger partial charge in [0.1, 0.15) is 5.75 Å².